The minimum Gasteiger partial charge on any atom is -0.326 e. The van der Waals surface area contributed by atoms with Crippen LogP contribution in [0.2, 0.25) is 0 Å². The normalized spacial score (nSPS) is 10.5. The van der Waals surface area contributed by atoms with E-state index in [0.29, 0.717) is 0 Å². The van der Waals surface area contributed by atoms with Crippen molar-refractivity contribution in [3.8, 4) is 0 Å². The molecule has 0 fully saturated rings. The maximum atomic E-state index is 12.0. The molecule has 0 spiro atoms. The van der Waals surface area contributed by atoms with Crippen LogP contribution in [0.3, 0.4) is 0 Å². The average Bonchev–Trinajstić information content (AvgIpc) is 2.54. The van der Waals surface area contributed by atoms with E-state index in [1.54, 1.807) is 18.2 Å². The number of anilines is 2. The van der Waals surface area contributed by atoms with Gasteiger partial charge in [0.2, 0.25) is 11.8 Å². The van der Waals surface area contributed by atoms with Crippen molar-refractivity contribution in [1.82, 2.24) is 0 Å². The number of aryl methyl sites for hydroxylation is 1. The molecule has 2 aromatic carbocycles. The van der Waals surface area contributed by atoms with Gasteiger partial charge in [0.05, 0.1) is 0 Å². The van der Waals surface area contributed by atoms with Gasteiger partial charge in [0, 0.05) is 24.4 Å². The zero-order valence-corrected chi connectivity index (χ0v) is 13.3. The van der Waals surface area contributed by atoms with E-state index >= 15 is 0 Å². The minimum atomic E-state index is -0.170. The molecule has 0 unspecified atom stereocenters. The van der Waals surface area contributed by atoms with E-state index < -0.39 is 0 Å². The monoisotopic (exact) mass is 308 g/mol. The SMILES string of the molecule is CCc1ccccc1NC(=O)/C=C/c1ccc(NC(C)=O)cc1. The summed E-state index contributed by atoms with van der Waals surface area (Å²) >= 11 is 0. The van der Waals surface area contributed by atoms with Gasteiger partial charge < -0.3 is 10.6 Å². The molecule has 23 heavy (non-hydrogen) atoms. The second-order valence-electron chi connectivity index (χ2n) is 5.14. The van der Waals surface area contributed by atoms with Crippen molar-refractivity contribution in [3.63, 3.8) is 0 Å². The first-order valence-corrected chi connectivity index (χ1v) is 7.53. The van der Waals surface area contributed by atoms with Crippen LogP contribution >= 0.6 is 0 Å². The van der Waals surface area contributed by atoms with Gasteiger partial charge in [-0.15, -0.1) is 0 Å². The summed E-state index contributed by atoms with van der Waals surface area (Å²) in [6.07, 6.45) is 4.10. The van der Waals surface area contributed by atoms with E-state index in [1.165, 1.54) is 13.0 Å². The van der Waals surface area contributed by atoms with E-state index in [9.17, 15) is 9.59 Å². The number of carbonyl (C=O) groups is 2. The van der Waals surface area contributed by atoms with Gasteiger partial charge in [0.25, 0.3) is 0 Å². The molecule has 0 saturated heterocycles. The van der Waals surface area contributed by atoms with E-state index in [-0.39, 0.29) is 11.8 Å². The smallest absolute Gasteiger partial charge is 0.248 e. The van der Waals surface area contributed by atoms with Crippen LogP contribution in [-0.2, 0) is 16.0 Å². The first-order valence-electron chi connectivity index (χ1n) is 7.53. The third-order valence-corrected chi connectivity index (χ3v) is 3.31. The highest BCUT2D eigenvalue weighted by Crippen LogP contribution is 2.16. The van der Waals surface area contributed by atoms with Crippen LogP contribution in [0.1, 0.15) is 25.0 Å². The molecule has 2 rings (SSSR count). The molecule has 0 aromatic heterocycles. The van der Waals surface area contributed by atoms with Crippen molar-refractivity contribution in [3.05, 3.63) is 65.7 Å². The number of hydrogen-bond acceptors (Lipinski definition) is 2. The molecule has 4 heteroatoms. The summed E-state index contributed by atoms with van der Waals surface area (Å²) in [5.74, 6) is -0.279. The quantitative estimate of drug-likeness (QED) is 0.824. The lowest BCUT2D eigenvalue weighted by Crippen LogP contribution is -2.09. The number of para-hydroxylation sites is 1. The maximum absolute atomic E-state index is 12.0. The van der Waals surface area contributed by atoms with Crippen molar-refractivity contribution < 1.29 is 9.59 Å². The molecule has 0 aliphatic rings. The molecule has 2 N–H and O–H groups in total. The molecule has 0 atom stereocenters. The van der Waals surface area contributed by atoms with Crippen molar-refractivity contribution >= 4 is 29.3 Å². The lowest BCUT2D eigenvalue weighted by molar-refractivity contribution is -0.114. The topological polar surface area (TPSA) is 58.2 Å². The summed E-state index contributed by atoms with van der Waals surface area (Å²) in [7, 11) is 0. The molecule has 0 aliphatic heterocycles. The van der Waals surface area contributed by atoms with Crippen LogP contribution < -0.4 is 10.6 Å². The number of amides is 2. The first kappa shape index (κ1) is 16.5. The van der Waals surface area contributed by atoms with E-state index in [2.05, 4.69) is 17.6 Å². The summed E-state index contributed by atoms with van der Waals surface area (Å²) < 4.78 is 0. The maximum Gasteiger partial charge on any atom is 0.248 e. The summed E-state index contributed by atoms with van der Waals surface area (Å²) in [5, 5.41) is 5.59. The van der Waals surface area contributed by atoms with Crippen LogP contribution in [0.25, 0.3) is 6.08 Å². The molecule has 2 amide bonds. The Hall–Kier alpha value is -2.88. The fourth-order valence-electron chi connectivity index (χ4n) is 2.18. The number of carbonyl (C=O) groups excluding carboxylic acids is 2. The average molecular weight is 308 g/mol. The van der Waals surface area contributed by atoms with Gasteiger partial charge in [-0.05, 0) is 41.8 Å². The Morgan fingerprint density at radius 2 is 1.70 bits per heavy atom. The fraction of sp³-hybridized carbons (Fsp3) is 0.158. The molecular weight excluding hydrogens is 288 g/mol. The third-order valence-electron chi connectivity index (χ3n) is 3.31. The predicted molar refractivity (Wildman–Crippen MR) is 94.2 cm³/mol. The van der Waals surface area contributed by atoms with Crippen molar-refractivity contribution in [1.29, 1.82) is 0 Å². The van der Waals surface area contributed by atoms with E-state index in [0.717, 1.165) is 28.9 Å². The Bertz CT molecular complexity index is 718. The summed E-state index contributed by atoms with van der Waals surface area (Å²) in [4.78, 5) is 23.0. The first-order chi connectivity index (χ1) is 11.1. The second-order valence-corrected chi connectivity index (χ2v) is 5.14. The molecule has 0 bridgehead atoms. The lowest BCUT2D eigenvalue weighted by atomic mass is 10.1. The Morgan fingerprint density at radius 1 is 1.00 bits per heavy atom. The molecule has 4 nitrogen and oxygen atoms in total. The Kier molecular flexibility index (Phi) is 5.69. The zero-order valence-electron chi connectivity index (χ0n) is 13.3. The third kappa shape index (κ3) is 5.11. The highest BCUT2D eigenvalue weighted by molar-refractivity contribution is 6.02. The van der Waals surface area contributed by atoms with E-state index in [4.69, 9.17) is 0 Å². The van der Waals surface area contributed by atoms with Gasteiger partial charge in [-0.25, -0.2) is 0 Å². The Morgan fingerprint density at radius 3 is 2.35 bits per heavy atom. The van der Waals surface area contributed by atoms with Crippen molar-refractivity contribution in [2.24, 2.45) is 0 Å². The van der Waals surface area contributed by atoms with Crippen LogP contribution in [-0.4, -0.2) is 11.8 Å². The van der Waals surface area contributed by atoms with Gasteiger partial charge in [-0.1, -0.05) is 37.3 Å². The van der Waals surface area contributed by atoms with Crippen molar-refractivity contribution in [2.45, 2.75) is 20.3 Å². The van der Waals surface area contributed by atoms with Crippen LogP contribution in [0.5, 0.6) is 0 Å². The number of nitrogens with one attached hydrogen (secondary N) is 2. The lowest BCUT2D eigenvalue weighted by Gasteiger charge is -2.07. The summed E-state index contributed by atoms with van der Waals surface area (Å²) in [6, 6.07) is 15.0. The second kappa shape index (κ2) is 7.94. The van der Waals surface area contributed by atoms with Gasteiger partial charge in [0.1, 0.15) is 0 Å². The zero-order chi connectivity index (χ0) is 16.7. The van der Waals surface area contributed by atoms with Gasteiger partial charge >= 0.3 is 0 Å². The summed E-state index contributed by atoms with van der Waals surface area (Å²) in [6.45, 7) is 3.52. The molecular formula is C19H20N2O2. The molecule has 0 aliphatic carbocycles. The Balaban J connectivity index is 1.99. The minimum absolute atomic E-state index is 0.109. The van der Waals surface area contributed by atoms with Crippen LogP contribution in [0, 0.1) is 0 Å². The highest BCUT2D eigenvalue weighted by atomic mass is 16.2. The number of hydrogen-bond donors (Lipinski definition) is 2. The molecule has 2 aromatic rings. The number of rotatable bonds is 5. The van der Waals surface area contributed by atoms with Gasteiger partial charge in [-0.2, -0.15) is 0 Å². The van der Waals surface area contributed by atoms with Crippen LogP contribution in [0.15, 0.2) is 54.6 Å². The fourth-order valence-corrected chi connectivity index (χ4v) is 2.18. The highest BCUT2D eigenvalue weighted by Gasteiger charge is 2.02. The van der Waals surface area contributed by atoms with Gasteiger partial charge in [0.15, 0.2) is 0 Å². The predicted octanol–water partition coefficient (Wildman–Crippen LogP) is 3.86. The molecule has 118 valence electrons. The Labute approximate surface area is 136 Å². The largest absolute Gasteiger partial charge is 0.326 e. The molecule has 0 radical (unpaired) electrons. The van der Waals surface area contributed by atoms with E-state index in [1.807, 2.05) is 36.4 Å². The van der Waals surface area contributed by atoms with Gasteiger partial charge in [-0.3, -0.25) is 9.59 Å². The molecule has 0 heterocycles. The van der Waals surface area contributed by atoms with Crippen molar-refractivity contribution in [2.75, 3.05) is 10.6 Å². The molecule has 0 saturated carbocycles. The number of benzene rings is 2. The van der Waals surface area contributed by atoms with Crippen LogP contribution in [0.4, 0.5) is 11.4 Å². The summed E-state index contributed by atoms with van der Waals surface area (Å²) in [5.41, 5.74) is 3.56. The standard InChI is InChI=1S/C19H20N2O2/c1-3-16-6-4-5-7-18(16)21-19(23)13-10-15-8-11-17(12-9-15)20-14(2)22/h4-13H,3H2,1-2H3,(H,20,22)(H,21,23)/b13-10+.